The number of fused-ring (bicyclic) bond motifs is 2. The Hall–Kier alpha value is -1.26. The third-order valence-electron chi connectivity index (χ3n) is 3.38. The molecule has 1 heterocycles. The zero-order valence-electron chi connectivity index (χ0n) is 8.77. The maximum absolute atomic E-state index is 11.7. The topological polar surface area (TPSA) is 69.6 Å². The van der Waals surface area contributed by atoms with Gasteiger partial charge in [-0.2, -0.15) is 0 Å². The summed E-state index contributed by atoms with van der Waals surface area (Å²) in [6, 6.07) is -0.690. The van der Waals surface area contributed by atoms with Crippen LogP contribution in [0.3, 0.4) is 0 Å². The van der Waals surface area contributed by atoms with Gasteiger partial charge >= 0.3 is 12.0 Å². The second-order valence-corrected chi connectivity index (χ2v) is 4.49. The minimum absolute atomic E-state index is 0.225. The smallest absolute Gasteiger partial charge is 0.325 e. The van der Waals surface area contributed by atoms with E-state index in [-0.39, 0.29) is 6.03 Å². The number of piperidine rings is 1. The summed E-state index contributed by atoms with van der Waals surface area (Å²) in [7, 11) is 0. The molecule has 2 rings (SSSR count). The van der Waals surface area contributed by atoms with Crippen molar-refractivity contribution in [2.45, 2.75) is 38.3 Å². The van der Waals surface area contributed by atoms with E-state index in [1.54, 1.807) is 4.90 Å². The van der Waals surface area contributed by atoms with Crippen molar-refractivity contribution < 1.29 is 14.7 Å². The average molecular weight is 212 g/mol. The van der Waals surface area contributed by atoms with Crippen molar-refractivity contribution in [3.05, 3.63) is 0 Å². The first kappa shape index (κ1) is 10.3. The Morgan fingerprint density at radius 3 is 2.67 bits per heavy atom. The van der Waals surface area contributed by atoms with Crippen LogP contribution in [-0.2, 0) is 4.79 Å². The molecule has 1 aliphatic carbocycles. The van der Waals surface area contributed by atoms with Crippen LogP contribution in [0.5, 0.6) is 0 Å². The number of urea groups is 1. The molecule has 1 saturated heterocycles. The van der Waals surface area contributed by atoms with Gasteiger partial charge in [-0.25, -0.2) is 4.79 Å². The van der Waals surface area contributed by atoms with E-state index < -0.39 is 12.0 Å². The molecule has 0 aromatic heterocycles. The Bertz CT molecular complexity index is 292. The zero-order chi connectivity index (χ0) is 11.0. The fourth-order valence-electron chi connectivity index (χ4n) is 2.50. The van der Waals surface area contributed by atoms with Crippen LogP contribution in [0, 0.1) is 5.92 Å². The summed E-state index contributed by atoms with van der Waals surface area (Å²) in [6.45, 7) is 2.28. The lowest BCUT2D eigenvalue weighted by atomic mass is 10.1. The summed E-state index contributed by atoms with van der Waals surface area (Å²) in [5.41, 5.74) is 0. The summed E-state index contributed by atoms with van der Waals surface area (Å²) < 4.78 is 0. The molecule has 2 amide bonds. The lowest BCUT2D eigenvalue weighted by Crippen LogP contribution is -2.49. The SMILES string of the molecule is C[C@H](NC(=O)N1C[C@@H]2CC[C@@H]1C2)C(=O)O. The highest BCUT2D eigenvalue weighted by atomic mass is 16.4. The minimum Gasteiger partial charge on any atom is -0.480 e. The van der Waals surface area contributed by atoms with Gasteiger partial charge in [0.05, 0.1) is 0 Å². The van der Waals surface area contributed by atoms with E-state index in [1.807, 2.05) is 0 Å². The summed E-state index contributed by atoms with van der Waals surface area (Å²) in [5, 5.41) is 11.2. The van der Waals surface area contributed by atoms with Crippen LogP contribution in [0.1, 0.15) is 26.2 Å². The number of carboxylic acid groups (broad SMARTS) is 1. The van der Waals surface area contributed by atoms with E-state index in [1.165, 1.54) is 13.3 Å². The van der Waals surface area contributed by atoms with Crippen molar-refractivity contribution >= 4 is 12.0 Å². The fraction of sp³-hybridized carbons (Fsp3) is 0.800. The number of nitrogens with one attached hydrogen (secondary N) is 1. The Morgan fingerprint density at radius 2 is 2.20 bits per heavy atom. The van der Waals surface area contributed by atoms with Crippen LogP contribution in [0.2, 0.25) is 0 Å². The number of hydrogen-bond acceptors (Lipinski definition) is 2. The second-order valence-electron chi connectivity index (χ2n) is 4.49. The van der Waals surface area contributed by atoms with E-state index in [4.69, 9.17) is 5.11 Å². The molecular weight excluding hydrogens is 196 g/mol. The second kappa shape index (κ2) is 3.72. The predicted octanol–water partition coefficient (Wildman–Crippen LogP) is 0.653. The molecule has 2 fully saturated rings. The normalized spacial score (nSPS) is 30.3. The Balaban J connectivity index is 1.89. The number of aliphatic carboxylic acids is 1. The molecule has 0 aromatic rings. The zero-order valence-corrected chi connectivity index (χ0v) is 8.77. The molecule has 3 atom stereocenters. The molecule has 0 aromatic carbocycles. The molecule has 0 spiro atoms. The number of carbonyl (C=O) groups excluding carboxylic acids is 1. The van der Waals surface area contributed by atoms with Gasteiger partial charge in [0, 0.05) is 12.6 Å². The van der Waals surface area contributed by atoms with Crippen LogP contribution in [0.25, 0.3) is 0 Å². The highest BCUT2D eigenvalue weighted by Gasteiger charge is 2.40. The van der Waals surface area contributed by atoms with Crippen LogP contribution in [0.4, 0.5) is 4.79 Å². The number of carbonyl (C=O) groups is 2. The maximum Gasteiger partial charge on any atom is 0.325 e. The average Bonchev–Trinajstić information content (AvgIpc) is 2.78. The standard InChI is InChI=1S/C10H16N2O3/c1-6(9(13)14)11-10(15)12-5-7-2-3-8(12)4-7/h6-8H,2-5H2,1H3,(H,11,15)(H,13,14)/t6-,7+,8+/m0/s1. The van der Waals surface area contributed by atoms with Gasteiger partial charge in [-0.3, -0.25) is 4.79 Å². The molecule has 2 N–H and O–H groups in total. The van der Waals surface area contributed by atoms with Gasteiger partial charge in [0.15, 0.2) is 0 Å². The molecule has 2 aliphatic rings. The summed E-state index contributed by atoms with van der Waals surface area (Å²) in [6.07, 6.45) is 3.37. The predicted molar refractivity (Wildman–Crippen MR) is 53.5 cm³/mol. The van der Waals surface area contributed by atoms with E-state index in [2.05, 4.69) is 5.32 Å². The first-order valence-corrected chi connectivity index (χ1v) is 5.38. The highest BCUT2D eigenvalue weighted by molar-refractivity contribution is 5.82. The molecule has 15 heavy (non-hydrogen) atoms. The Labute approximate surface area is 88.4 Å². The van der Waals surface area contributed by atoms with Gasteiger partial charge in [-0.05, 0) is 32.1 Å². The molecule has 0 unspecified atom stereocenters. The van der Waals surface area contributed by atoms with Crippen LogP contribution in [0.15, 0.2) is 0 Å². The minimum atomic E-state index is -0.993. The number of hydrogen-bond donors (Lipinski definition) is 2. The van der Waals surface area contributed by atoms with Crippen molar-refractivity contribution in [2.75, 3.05) is 6.54 Å². The Kier molecular flexibility index (Phi) is 2.54. The molecule has 1 aliphatic heterocycles. The molecule has 0 radical (unpaired) electrons. The Morgan fingerprint density at radius 1 is 1.47 bits per heavy atom. The van der Waals surface area contributed by atoms with Crippen molar-refractivity contribution in [1.82, 2.24) is 10.2 Å². The van der Waals surface area contributed by atoms with Crippen LogP contribution in [-0.4, -0.2) is 40.6 Å². The van der Waals surface area contributed by atoms with Gasteiger partial charge in [-0.1, -0.05) is 0 Å². The first-order valence-electron chi connectivity index (χ1n) is 5.38. The summed E-state index contributed by atoms with van der Waals surface area (Å²) >= 11 is 0. The molecular formula is C10H16N2O3. The third kappa shape index (κ3) is 1.91. The number of carboxylic acids is 1. The summed E-state index contributed by atoms with van der Waals surface area (Å²) in [5.74, 6) is -0.353. The van der Waals surface area contributed by atoms with Crippen molar-refractivity contribution in [3.63, 3.8) is 0 Å². The molecule has 2 bridgehead atoms. The molecule has 5 heteroatoms. The van der Waals surface area contributed by atoms with Gasteiger partial charge in [-0.15, -0.1) is 0 Å². The van der Waals surface area contributed by atoms with Gasteiger partial charge < -0.3 is 15.3 Å². The number of likely N-dealkylation sites (tertiary alicyclic amines) is 1. The molecule has 5 nitrogen and oxygen atoms in total. The van der Waals surface area contributed by atoms with E-state index in [9.17, 15) is 9.59 Å². The lowest BCUT2D eigenvalue weighted by molar-refractivity contribution is -0.138. The van der Waals surface area contributed by atoms with Gasteiger partial charge in [0.1, 0.15) is 6.04 Å². The van der Waals surface area contributed by atoms with Crippen molar-refractivity contribution in [3.8, 4) is 0 Å². The van der Waals surface area contributed by atoms with E-state index >= 15 is 0 Å². The highest BCUT2D eigenvalue weighted by Crippen LogP contribution is 2.37. The molecule has 1 saturated carbocycles. The van der Waals surface area contributed by atoms with Gasteiger partial charge in [0.25, 0.3) is 0 Å². The first-order chi connectivity index (χ1) is 7.08. The third-order valence-corrected chi connectivity index (χ3v) is 3.38. The van der Waals surface area contributed by atoms with E-state index in [0.717, 1.165) is 19.4 Å². The van der Waals surface area contributed by atoms with Crippen LogP contribution >= 0.6 is 0 Å². The maximum atomic E-state index is 11.7. The molecule has 84 valence electrons. The number of nitrogens with zero attached hydrogens (tertiary/aromatic N) is 1. The fourth-order valence-corrected chi connectivity index (χ4v) is 2.50. The van der Waals surface area contributed by atoms with Gasteiger partial charge in [0.2, 0.25) is 0 Å². The number of rotatable bonds is 2. The monoisotopic (exact) mass is 212 g/mol. The van der Waals surface area contributed by atoms with Crippen LogP contribution < -0.4 is 5.32 Å². The van der Waals surface area contributed by atoms with E-state index in [0.29, 0.717) is 12.0 Å². The quantitative estimate of drug-likeness (QED) is 0.706. The van der Waals surface area contributed by atoms with Crippen molar-refractivity contribution in [2.24, 2.45) is 5.92 Å². The lowest BCUT2D eigenvalue weighted by Gasteiger charge is -2.27. The largest absolute Gasteiger partial charge is 0.480 e. The van der Waals surface area contributed by atoms with Crippen molar-refractivity contribution in [1.29, 1.82) is 0 Å². The summed E-state index contributed by atoms with van der Waals surface area (Å²) in [4.78, 5) is 24.1. The number of amides is 2.